The van der Waals surface area contributed by atoms with Gasteiger partial charge in [0.1, 0.15) is 17.7 Å². The molecule has 0 fully saturated rings. The summed E-state index contributed by atoms with van der Waals surface area (Å²) >= 11 is 0. The van der Waals surface area contributed by atoms with Gasteiger partial charge in [0.2, 0.25) is 0 Å². The van der Waals surface area contributed by atoms with Gasteiger partial charge in [0.05, 0.1) is 12.8 Å². The Hall–Kier alpha value is -2.14. The molecule has 0 saturated carbocycles. The number of hydrogen-bond donors (Lipinski definition) is 1. The summed E-state index contributed by atoms with van der Waals surface area (Å²) in [6, 6.07) is 8.05. The van der Waals surface area contributed by atoms with E-state index in [0.29, 0.717) is 6.54 Å². The lowest BCUT2D eigenvalue weighted by molar-refractivity contribution is 0.589. The summed E-state index contributed by atoms with van der Waals surface area (Å²) in [5, 5.41) is 12.5. The lowest BCUT2D eigenvalue weighted by atomic mass is 10.2. The van der Waals surface area contributed by atoms with Crippen LogP contribution >= 0.6 is 0 Å². The second kappa shape index (κ2) is 5.24. The van der Waals surface area contributed by atoms with Gasteiger partial charge in [-0.25, -0.2) is 0 Å². The summed E-state index contributed by atoms with van der Waals surface area (Å²) in [6.07, 6.45) is 3.56. The molecule has 0 saturated heterocycles. The Labute approximate surface area is 111 Å². The molecule has 3 rings (SSSR count). The zero-order valence-corrected chi connectivity index (χ0v) is 10.8. The third-order valence-electron chi connectivity index (χ3n) is 3.20. The Balaban J connectivity index is 1.67. The standard InChI is InChI=1S/C14H16N4O/c1-2-18-10-16-17-14(18)8-15-7-11-9-19-13-6-4-3-5-12(11)13/h3-6,9-10,15H,2,7-8H2,1H3. The van der Waals surface area contributed by atoms with Crippen LogP contribution in [0.5, 0.6) is 0 Å². The van der Waals surface area contributed by atoms with Crippen molar-refractivity contribution in [2.75, 3.05) is 0 Å². The number of furan rings is 1. The van der Waals surface area contributed by atoms with E-state index in [0.717, 1.165) is 35.4 Å². The number of nitrogens with zero attached hydrogens (tertiary/aromatic N) is 3. The maximum Gasteiger partial charge on any atom is 0.146 e. The van der Waals surface area contributed by atoms with Crippen LogP contribution in [0.25, 0.3) is 11.0 Å². The fourth-order valence-corrected chi connectivity index (χ4v) is 2.16. The highest BCUT2D eigenvalue weighted by Gasteiger charge is 2.06. The van der Waals surface area contributed by atoms with Crippen LogP contribution in [0.4, 0.5) is 0 Å². The molecule has 0 aliphatic carbocycles. The van der Waals surface area contributed by atoms with Crippen molar-refractivity contribution in [1.82, 2.24) is 20.1 Å². The third kappa shape index (κ3) is 2.37. The molecule has 0 amide bonds. The van der Waals surface area contributed by atoms with Gasteiger partial charge in [-0.05, 0) is 13.0 Å². The average molecular weight is 256 g/mol. The summed E-state index contributed by atoms with van der Waals surface area (Å²) in [5.41, 5.74) is 2.09. The number of rotatable bonds is 5. The predicted octanol–water partition coefficient (Wildman–Crippen LogP) is 2.33. The normalized spacial score (nSPS) is 11.2. The van der Waals surface area contributed by atoms with E-state index in [1.54, 1.807) is 6.33 Å². The van der Waals surface area contributed by atoms with Crippen molar-refractivity contribution in [3.05, 3.63) is 48.2 Å². The maximum absolute atomic E-state index is 5.51. The van der Waals surface area contributed by atoms with Gasteiger partial charge >= 0.3 is 0 Å². The molecular weight excluding hydrogens is 240 g/mol. The van der Waals surface area contributed by atoms with Crippen molar-refractivity contribution < 1.29 is 4.42 Å². The lowest BCUT2D eigenvalue weighted by Gasteiger charge is -2.04. The van der Waals surface area contributed by atoms with Gasteiger partial charge in [0.25, 0.3) is 0 Å². The van der Waals surface area contributed by atoms with E-state index in [9.17, 15) is 0 Å². The average Bonchev–Trinajstić information content (AvgIpc) is 3.06. The highest BCUT2D eigenvalue weighted by Crippen LogP contribution is 2.20. The molecule has 2 aromatic heterocycles. The van der Waals surface area contributed by atoms with Gasteiger partial charge in [0, 0.05) is 24.0 Å². The molecule has 98 valence electrons. The smallest absolute Gasteiger partial charge is 0.146 e. The molecule has 0 aliphatic rings. The van der Waals surface area contributed by atoms with E-state index in [1.807, 2.05) is 29.0 Å². The van der Waals surface area contributed by atoms with Gasteiger partial charge in [0.15, 0.2) is 0 Å². The van der Waals surface area contributed by atoms with Crippen LogP contribution in [0.15, 0.2) is 41.3 Å². The largest absolute Gasteiger partial charge is 0.464 e. The lowest BCUT2D eigenvalue weighted by Crippen LogP contribution is -2.16. The van der Waals surface area contributed by atoms with E-state index in [1.165, 1.54) is 0 Å². The number of aryl methyl sites for hydroxylation is 1. The molecule has 0 radical (unpaired) electrons. The SMILES string of the molecule is CCn1cnnc1CNCc1coc2ccccc12. The predicted molar refractivity (Wildman–Crippen MR) is 72.5 cm³/mol. The molecule has 5 heteroatoms. The van der Waals surface area contributed by atoms with Crippen molar-refractivity contribution in [1.29, 1.82) is 0 Å². The fourth-order valence-electron chi connectivity index (χ4n) is 2.16. The van der Waals surface area contributed by atoms with Gasteiger partial charge in [-0.2, -0.15) is 0 Å². The monoisotopic (exact) mass is 256 g/mol. The van der Waals surface area contributed by atoms with Crippen molar-refractivity contribution in [2.24, 2.45) is 0 Å². The Bertz CT molecular complexity index is 671. The summed E-state index contributed by atoms with van der Waals surface area (Å²) in [5.74, 6) is 0.954. The maximum atomic E-state index is 5.51. The van der Waals surface area contributed by atoms with Crippen molar-refractivity contribution in [3.63, 3.8) is 0 Å². The quantitative estimate of drug-likeness (QED) is 0.761. The van der Waals surface area contributed by atoms with E-state index >= 15 is 0 Å². The van der Waals surface area contributed by atoms with E-state index in [2.05, 4.69) is 28.5 Å². The summed E-state index contributed by atoms with van der Waals surface area (Å²) in [6.45, 7) is 4.43. The van der Waals surface area contributed by atoms with Gasteiger partial charge in [-0.1, -0.05) is 18.2 Å². The Morgan fingerprint density at radius 1 is 1.26 bits per heavy atom. The molecular formula is C14H16N4O. The van der Waals surface area contributed by atoms with Gasteiger partial charge in [-0.3, -0.25) is 0 Å². The second-order valence-corrected chi connectivity index (χ2v) is 4.39. The van der Waals surface area contributed by atoms with Crippen LogP contribution in [-0.4, -0.2) is 14.8 Å². The number of nitrogens with one attached hydrogen (secondary N) is 1. The first-order valence-electron chi connectivity index (χ1n) is 6.41. The molecule has 5 nitrogen and oxygen atoms in total. The van der Waals surface area contributed by atoms with Crippen molar-refractivity contribution in [3.8, 4) is 0 Å². The number of aromatic nitrogens is 3. The van der Waals surface area contributed by atoms with Crippen LogP contribution < -0.4 is 5.32 Å². The Morgan fingerprint density at radius 2 is 2.16 bits per heavy atom. The van der Waals surface area contributed by atoms with Gasteiger partial charge < -0.3 is 14.3 Å². The number of benzene rings is 1. The molecule has 0 unspecified atom stereocenters. The second-order valence-electron chi connectivity index (χ2n) is 4.39. The number of hydrogen-bond acceptors (Lipinski definition) is 4. The third-order valence-corrected chi connectivity index (χ3v) is 3.20. The van der Waals surface area contributed by atoms with Crippen LogP contribution in [0.2, 0.25) is 0 Å². The van der Waals surface area contributed by atoms with E-state index in [4.69, 9.17) is 4.42 Å². The van der Waals surface area contributed by atoms with Crippen LogP contribution in [0.1, 0.15) is 18.3 Å². The minimum Gasteiger partial charge on any atom is -0.464 e. The van der Waals surface area contributed by atoms with Crippen molar-refractivity contribution >= 4 is 11.0 Å². The molecule has 1 N–H and O–H groups in total. The Morgan fingerprint density at radius 3 is 3.05 bits per heavy atom. The van der Waals surface area contributed by atoms with E-state index < -0.39 is 0 Å². The van der Waals surface area contributed by atoms with E-state index in [-0.39, 0.29) is 0 Å². The molecule has 0 atom stereocenters. The highest BCUT2D eigenvalue weighted by atomic mass is 16.3. The summed E-state index contributed by atoms with van der Waals surface area (Å²) in [7, 11) is 0. The topological polar surface area (TPSA) is 55.9 Å². The molecule has 0 aliphatic heterocycles. The highest BCUT2D eigenvalue weighted by molar-refractivity contribution is 5.80. The minimum absolute atomic E-state index is 0.702. The Kier molecular flexibility index (Phi) is 3.29. The first kappa shape index (κ1) is 11.9. The summed E-state index contributed by atoms with van der Waals surface area (Å²) < 4.78 is 7.54. The first-order valence-corrected chi connectivity index (χ1v) is 6.41. The molecule has 0 spiro atoms. The molecule has 0 bridgehead atoms. The molecule has 1 aromatic carbocycles. The van der Waals surface area contributed by atoms with Crippen molar-refractivity contribution in [2.45, 2.75) is 26.6 Å². The number of fused-ring (bicyclic) bond motifs is 1. The zero-order chi connectivity index (χ0) is 13.1. The minimum atomic E-state index is 0.702. The van der Waals surface area contributed by atoms with Crippen LogP contribution in [0, 0.1) is 0 Å². The summed E-state index contributed by atoms with van der Waals surface area (Å²) in [4.78, 5) is 0. The molecule has 3 aromatic rings. The first-order chi connectivity index (χ1) is 9.38. The van der Waals surface area contributed by atoms with Crippen LogP contribution in [0.3, 0.4) is 0 Å². The fraction of sp³-hybridized carbons (Fsp3) is 0.286. The molecule has 2 heterocycles. The molecule has 19 heavy (non-hydrogen) atoms. The van der Waals surface area contributed by atoms with Crippen LogP contribution in [-0.2, 0) is 19.6 Å². The number of para-hydroxylation sites is 1. The van der Waals surface area contributed by atoms with Gasteiger partial charge in [-0.15, -0.1) is 10.2 Å². The zero-order valence-electron chi connectivity index (χ0n) is 10.8.